The van der Waals surface area contributed by atoms with Crippen LogP contribution < -0.4 is 10.6 Å². The first-order valence-electron chi connectivity index (χ1n) is 7.68. The summed E-state index contributed by atoms with van der Waals surface area (Å²) in [7, 11) is 0. The van der Waals surface area contributed by atoms with Crippen molar-refractivity contribution in [3.8, 4) is 0 Å². The second kappa shape index (κ2) is 5.92. The van der Waals surface area contributed by atoms with Gasteiger partial charge in [0.1, 0.15) is 0 Å². The molecule has 3 rings (SSSR count). The average Bonchev–Trinajstić information content (AvgIpc) is 2.46. The van der Waals surface area contributed by atoms with E-state index in [0.717, 1.165) is 23.7 Å². The van der Waals surface area contributed by atoms with Crippen molar-refractivity contribution in [2.45, 2.75) is 44.8 Å². The summed E-state index contributed by atoms with van der Waals surface area (Å²) in [6, 6.07) is 7.38. The third kappa shape index (κ3) is 2.67. The largest absolute Gasteiger partial charge is 0.366 e. The molecule has 1 aromatic carbocycles. The molecule has 0 amide bonds. The molecule has 0 radical (unpaired) electrons. The van der Waals surface area contributed by atoms with E-state index in [1.165, 1.54) is 31.5 Å². The number of rotatable bonds is 2. The Balaban J connectivity index is 1.85. The van der Waals surface area contributed by atoms with E-state index in [4.69, 9.17) is 17.3 Å². The minimum absolute atomic E-state index is 0.538. The minimum atomic E-state index is 0.538. The number of piperazine rings is 1. The van der Waals surface area contributed by atoms with E-state index in [1.807, 2.05) is 12.1 Å². The summed E-state index contributed by atoms with van der Waals surface area (Å²) in [5.41, 5.74) is 8.34. The first-order chi connectivity index (χ1) is 9.69. The van der Waals surface area contributed by atoms with E-state index >= 15 is 0 Å². The van der Waals surface area contributed by atoms with Crippen molar-refractivity contribution in [2.75, 3.05) is 24.5 Å². The smallest absolute Gasteiger partial charge is 0.0416 e. The zero-order chi connectivity index (χ0) is 14.1. The third-order valence-electron chi connectivity index (χ3n) is 4.76. The van der Waals surface area contributed by atoms with E-state index in [-0.39, 0.29) is 0 Å². The molecule has 2 aliphatic rings. The van der Waals surface area contributed by atoms with Crippen LogP contribution in [0, 0.1) is 0 Å². The van der Waals surface area contributed by atoms with Gasteiger partial charge in [-0.05, 0) is 50.1 Å². The lowest BCUT2D eigenvalue weighted by molar-refractivity contribution is 0.115. The van der Waals surface area contributed by atoms with Gasteiger partial charge >= 0.3 is 0 Å². The Bertz CT molecular complexity index is 477. The second-order valence-corrected chi connectivity index (χ2v) is 6.56. The van der Waals surface area contributed by atoms with E-state index in [1.54, 1.807) is 0 Å². The zero-order valence-corrected chi connectivity index (χ0v) is 12.9. The predicted molar refractivity (Wildman–Crippen MR) is 85.4 cm³/mol. The quantitative estimate of drug-likeness (QED) is 0.910. The maximum Gasteiger partial charge on any atom is 0.0416 e. The van der Waals surface area contributed by atoms with Crippen molar-refractivity contribution in [3.05, 3.63) is 28.8 Å². The van der Waals surface area contributed by atoms with Crippen molar-refractivity contribution < 1.29 is 0 Å². The maximum atomic E-state index is 6.10. The molecule has 0 aromatic heterocycles. The topological polar surface area (TPSA) is 32.5 Å². The summed E-state index contributed by atoms with van der Waals surface area (Å²) in [6.45, 7) is 6.42. The molecule has 0 saturated carbocycles. The fraction of sp³-hybridized carbons (Fsp3) is 0.625. The Kier molecular flexibility index (Phi) is 4.20. The number of halogens is 1. The van der Waals surface area contributed by atoms with Crippen molar-refractivity contribution in [1.29, 1.82) is 0 Å². The van der Waals surface area contributed by atoms with Gasteiger partial charge in [0.2, 0.25) is 0 Å². The van der Waals surface area contributed by atoms with Gasteiger partial charge < -0.3 is 10.6 Å². The number of nitrogens with zero attached hydrogens (tertiary/aromatic N) is 2. The van der Waals surface area contributed by atoms with Gasteiger partial charge in [0.15, 0.2) is 0 Å². The Morgan fingerprint density at radius 2 is 2.15 bits per heavy atom. The van der Waals surface area contributed by atoms with Crippen molar-refractivity contribution in [1.82, 2.24) is 4.90 Å². The van der Waals surface area contributed by atoms with Gasteiger partial charge in [0.25, 0.3) is 0 Å². The predicted octanol–water partition coefficient (Wildman–Crippen LogP) is 2.86. The molecule has 2 saturated heterocycles. The standard InChI is InChI=1S/C16H24ClN3/c1-12-10-19-7-3-2-4-15(19)11-20(12)16-6-5-14(17)8-13(16)9-18/h5-6,8,12,15H,2-4,7,9-11,18H2,1H3. The molecule has 110 valence electrons. The van der Waals surface area contributed by atoms with Gasteiger partial charge in [0, 0.05) is 42.4 Å². The average molecular weight is 294 g/mol. The maximum absolute atomic E-state index is 6.10. The van der Waals surface area contributed by atoms with Crippen LogP contribution in [0.3, 0.4) is 0 Å². The molecule has 2 aliphatic heterocycles. The van der Waals surface area contributed by atoms with Gasteiger partial charge in [-0.25, -0.2) is 0 Å². The highest BCUT2D eigenvalue weighted by atomic mass is 35.5. The van der Waals surface area contributed by atoms with Crippen LogP contribution in [0.5, 0.6) is 0 Å². The number of hydrogen-bond donors (Lipinski definition) is 1. The zero-order valence-electron chi connectivity index (χ0n) is 12.2. The van der Waals surface area contributed by atoms with Crippen molar-refractivity contribution in [2.24, 2.45) is 5.73 Å². The van der Waals surface area contributed by atoms with Crippen LogP contribution in [-0.4, -0.2) is 36.6 Å². The lowest BCUT2D eigenvalue weighted by Gasteiger charge is -2.49. The summed E-state index contributed by atoms with van der Waals surface area (Å²) in [5, 5.41) is 0.776. The van der Waals surface area contributed by atoms with Gasteiger partial charge in [0.05, 0.1) is 0 Å². The van der Waals surface area contributed by atoms with Crippen molar-refractivity contribution >= 4 is 17.3 Å². The van der Waals surface area contributed by atoms with Gasteiger partial charge in [-0.3, -0.25) is 4.90 Å². The molecular formula is C16H24ClN3. The lowest BCUT2D eigenvalue weighted by atomic mass is 9.96. The van der Waals surface area contributed by atoms with Crippen LogP contribution in [0.15, 0.2) is 18.2 Å². The molecule has 0 aliphatic carbocycles. The molecule has 0 spiro atoms. The fourth-order valence-corrected chi connectivity index (χ4v) is 3.88. The molecule has 2 fully saturated rings. The monoisotopic (exact) mass is 293 g/mol. The Hall–Kier alpha value is -0.770. The van der Waals surface area contributed by atoms with E-state index < -0.39 is 0 Å². The highest BCUT2D eigenvalue weighted by Crippen LogP contribution is 2.31. The SMILES string of the molecule is CC1CN2CCCCC2CN1c1ccc(Cl)cc1CN. The van der Waals surface area contributed by atoms with Crippen LogP contribution in [0.4, 0.5) is 5.69 Å². The van der Waals surface area contributed by atoms with Crippen LogP contribution in [0.2, 0.25) is 5.02 Å². The summed E-state index contributed by atoms with van der Waals surface area (Å²) in [4.78, 5) is 5.20. The summed E-state index contributed by atoms with van der Waals surface area (Å²) in [5.74, 6) is 0. The highest BCUT2D eigenvalue weighted by molar-refractivity contribution is 6.30. The number of nitrogens with two attached hydrogens (primary N) is 1. The number of anilines is 1. The molecule has 4 heteroatoms. The molecule has 2 atom stereocenters. The molecular weight excluding hydrogens is 270 g/mol. The summed E-state index contributed by atoms with van der Waals surface area (Å²) >= 11 is 6.10. The van der Waals surface area contributed by atoms with E-state index in [9.17, 15) is 0 Å². The minimum Gasteiger partial charge on any atom is -0.366 e. The summed E-state index contributed by atoms with van der Waals surface area (Å²) < 4.78 is 0. The normalized spacial score (nSPS) is 27.4. The molecule has 2 N–H and O–H groups in total. The number of hydrogen-bond acceptors (Lipinski definition) is 3. The molecule has 2 heterocycles. The van der Waals surface area contributed by atoms with E-state index in [2.05, 4.69) is 22.8 Å². The number of piperidine rings is 1. The molecule has 2 unspecified atom stereocenters. The van der Waals surface area contributed by atoms with Crippen LogP contribution >= 0.6 is 11.6 Å². The Morgan fingerprint density at radius 1 is 1.30 bits per heavy atom. The Morgan fingerprint density at radius 3 is 2.95 bits per heavy atom. The van der Waals surface area contributed by atoms with Gasteiger partial charge in [-0.15, -0.1) is 0 Å². The van der Waals surface area contributed by atoms with Crippen molar-refractivity contribution in [3.63, 3.8) is 0 Å². The first kappa shape index (κ1) is 14.2. The lowest BCUT2D eigenvalue weighted by Crippen LogP contribution is -2.59. The fourth-order valence-electron chi connectivity index (χ4n) is 3.69. The first-order valence-corrected chi connectivity index (χ1v) is 8.06. The number of benzene rings is 1. The molecule has 0 bridgehead atoms. The molecule has 1 aromatic rings. The molecule has 20 heavy (non-hydrogen) atoms. The second-order valence-electron chi connectivity index (χ2n) is 6.12. The highest BCUT2D eigenvalue weighted by Gasteiger charge is 2.33. The van der Waals surface area contributed by atoms with Crippen LogP contribution in [0.25, 0.3) is 0 Å². The van der Waals surface area contributed by atoms with Crippen LogP contribution in [-0.2, 0) is 6.54 Å². The molecule has 3 nitrogen and oxygen atoms in total. The van der Waals surface area contributed by atoms with Crippen LogP contribution in [0.1, 0.15) is 31.7 Å². The number of fused-ring (bicyclic) bond motifs is 1. The van der Waals surface area contributed by atoms with Gasteiger partial charge in [-0.2, -0.15) is 0 Å². The van der Waals surface area contributed by atoms with Gasteiger partial charge in [-0.1, -0.05) is 18.0 Å². The summed E-state index contributed by atoms with van der Waals surface area (Å²) in [6.07, 6.45) is 4.06. The Labute approximate surface area is 126 Å². The van der Waals surface area contributed by atoms with E-state index in [0.29, 0.717) is 18.6 Å². The third-order valence-corrected chi connectivity index (χ3v) is 4.99.